The molecule has 0 saturated heterocycles. The van der Waals surface area contributed by atoms with Crippen LogP contribution in [0.5, 0.6) is 17.2 Å². The minimum absolute atomic E-state index is 0.0784. The maximum absolute atomic E-state index is 12.9. The van der Waals surface area contributed by atoms with Gasteiger partial charge in [-0.25, -0.2) is 4.79 Å². The van der Waals surface area contributed by atoms with E-state index in [9.17, 15) is 4.79 Å². The highest BCUT2D eigenvalue weighted by Gasteiger charge is 2.19. The summed E-state index contributed by atoms with van der Waals surface area (Å²) < 4.78 is 23.0. The van der Waals surface area contributed by atoms with Gasteiger partial charge in [0.1, 0.15) is 13.2 Å². The Balaban J connectivity index is 2.27. The molecule has 0 atom stereocenters. The van der Waals surface area contributed by atoms with Gasteiger partial charge in [-0.05, 0) is 91.5 Å². The van der Waals surface area contributed by atoms with E-state index in [1.807, 2.05) is 24.3 Å². The van der Waals surface area contributed by atoms with Gasteiger partial charge in [-0.15, -0.1) is 0 Å². The van der Waals surface area contributed by atoms with Gasteiger partial charge in [0.25, 0.3) is 0 Å². The molecule has 0 saturated carbocycles. The van der Waals surface area contributed by atoms with Crippen molar-refractivity contribution in [2.45, 2.75) is 67.2 Å². The van der Waals surface area contributed by atoms with Crippen LogP contribution in [-0.2, 0) is 0 Å². The summed E-state index contributed by atoms with van der Waals surface area (Å²) >= 11 is 0. The highest BCUT2D eigenvalue weighted by molar-refractivity contribution is 5.89. The second kappa shape index (κ2) is 14.2. The summed E-state index contributed by atoms with van der Waals surface area (Å²) in [4.78, 5) is 12.9. The average Bonchev–Trinajstić information content (AvgIpc) is 2.79. The zero-order valence-electron chi connectivity index (χ0n) is 22.3. The maximum atomic E-state index is 12.9. The van der Waals surface area contributed by atoms with Crippen molar-refractivity contribution in [3.05, 3.63) is 75.2 Å². The van der Waals surface area contributed by atoms with Crippen LogP contribution in [0, 0.1) is 0 Å². The van der Waals surface area contributed by atoms with Crippen LogP contribution < -0.4 is 19.8 Å². The highest BCUT2D eigenvalue weighted by atomic mass is 16.5. The fraction of sp³-hybridized carbons (Fsp3) is 0.433. The molecule has 2 rings (SSSR count). The van der Waals surface area contributed by atoms with Gasteiger partial charge in [0.2, 0.25) is 5.75 Å². The number of fused-ring (bicyclic) bond motifs is 1. The largest absolute Gasteiger partial charge is 0.493 e. The molecule has 1 aromatic carbocycles. The normalized spacial score (nSPS) is 11.9. The summed E-state index contributed by atoms with van der Waals surface area (Å²) in [6.07, 6.45) is 12.3. The summed E-state index contributed by atoms with van der Waals surface area (Å²) in [6, 6.07) is 5.43. The van der Waals surface area contributed by atoms with Gasteiger partial charge in [0, 0.05) is 0 Å². The monoisotopic (exact) mass is 480 g/mol. The average molecular weight is 481 g/mol. The topological polar surface area (TPSA) is 57.9 Å². The number of hydrogen-bond acceptors (Lipinski definition) is 5. The van der Waals surface area contributed by atoms with Gasteiger partial charge in [0.15, 0.2) is 17.1 Å². The Kier molecular flexibility index (Phi) is 11.4. The molecule has 0 amide bonds. The third kappa shape index (κ3) is 9.16. The molecule has 0 radical (unpaired) electrons. The molecule has 0 fully saturated rings. The van der Waals surface area contributed by atoms with Crippen LogP contribution >= 0.6 is 0 Å². The van der Waals surface area contributed by atoms with Gasteiger partial charge in [0.05, 0.1) is 12.5 Å². The molecular formula is C30H40O5. The van der Waals surface area contributed by atoms with Gasteiger partial charge in [-0.2, -0.15) is 0 Å². The number of rotatable bonds is 13. The molecule has 35 heavy (non-hydrogen) atoms. The van der Waals surface area contributed by atoms with Gasteiger partial charge in [-0.1, -0.05) is 40.5 Å². The van der Waals surface area contributed by atoms with Crippen LogP contribution in [-0.4, -0.2) is 20.3 Å². The Morgan fingerprint density at radius 1 is 0.800 bits per heavy atom. The highest BCUT2D eigenvalue weighted by Crippen LogP contribution is 2.37. The second-order valence-corrected chi connectivity index (χ2v) is 9.25. The Labute approximate surface area is 209 Å². The molecular weight excluding hydrogens is 440 g/mol. The molecule has 190 valence electrons. The van der Waals surface area contributed by atoms with E-state index in [-0.39, 0.29) is 12.4 Å². The van der Waals surface area contributed by atoms with Crippen molar-refractivity contribution in [2.75, 3.05) is 20.3 Å². The lowest BCUT2D eigenvalue weighted by Gasteiger charge is -2.14. The van der Waals surface area contributed by atoms with E-state index in [0.717, 1.165) is 25.7 Å². The summed E-state index contributed by atoms with van der Waals surface area (Å²) in [7, 11) is 1.54. The number of ether oxygens (including phenoxy) is 3. The van der Waals surface area contributed by atoms with Crippen molar-refractivity contribution in [3.8, 4) is 17.2 Å². The lowest BCUT2D eigenvalue weighted by Crippen LogP contribution is -2.11. The van der Waals surface area contributed by atoms with Crippen LogP contribution in [0.15, 0.2) is 74.0 Å². The van der Waals surface area contributed by atoms with E-state index >= 15 is 0 Å². The number of benzene rings is 1. The Bertz CT molecular complexity index is 1150. The van der Waals surface area contributed by atoms with E-state index in [0.29, 0.717) is 29.1 Å². The molecule has 0 spiro atoms. The molecule has 5 nitrogen and oxygen atoms in total. The minimum Gasteiger partial charge on any atom is -0.493 e. The first-order valence-electron chi connectivity index (χ1n) is 12.2. The predicted octanol–water partition coefficient (Wildman–Crippen LogP) is 7.94. The fourth-order valence-electron chi connectivity index (χ4n) is 3.50. The van der Waals surface area contributed by atoms with Crippen molar-refractivity contribution in [3.63, 3.8) is 0 Å². The van der Waals surface area contributed by atoms with Crippen LogP contribution in [0.2, 0.25) is 0 Å². The van der Waals surface area contributed by atoms with E-state index in [4.69, 9.17) is 18.6 Å². The first-order chi connectivity index (χ1) is 16.7. The van der Waals surface area contributed by atoms with Crippen LogP contribution in [0.25, 0.3) is 11.0 Å². The zero-order chi connectivity index (χ0) is 25.8. The van der Waals surface area contributed by atoms with Crippen molar-refractivity contribution in [1.29, 1.82) is 0 Å². The number of methoxy groups -OCH3 is 1. The molecule has 0 bridgehead atoms. The molecule has 1 heterocycles. The van der Waals surface area contributed by atoms with Crippen molar-refractivity contribution >= 4 is 11.0 Å². The number of para-hydroxylation sites is 1. The third-order valence-corrected chi connectivity index (χ3v) is 5.53. The molecule has 0 aliphatic rings. The first-order valence-corrected chi connectivity index (χ1v) is 12.2. The standard InChI is InChI=1S/C30H40O5/c1-21(2)11-8-13-23(5)17-19-33-28-25-15-10-16-26(32-7)27(25)35-30(31)29(28)34-20-18-24(6)14-9-12-22(3)4/h10-12,15-18H,8-9,13-14,19-20H2,1-7H3. The Morgan fingerprint density at radius 2 is 1.34 bits per heavy atom. The summed E-state index contributed by atoms with van der Waals surface area (Å²) in [5, 5.41) is 0.638. The SMILES string of the molecule is COc1cccc2c(OCC=C(C)CCC=C(C)C)c(OCC=C(C)CCC=C(C)C)c(=O)oc12. The lowest BCUT2D eigenvalue weighted by molar-refractivity contribution is 0.294. The van der Waals surface area contributed by atoms with E-state index in [2.05, 4.69) is 53.7 Å². The molecule has 0 aliphatic carbocycles. The summed E-state index contributed by atoms with van der Waals surface area (Å²) in [5.41, 5.74) is 4.81. The zero-order valence-corrected chi connectivity index (χ0v) is 22.3. The van der Waals surface area contributed by atoms with E-state index in [1.165, 1.54) is 22.3 Å². The second-order valence-electron chi connectivity index (χ2n) is 9.25. The van der Waals surface area contributed by atoms with Crippen LogP contribution in [0.3, 0.4) is 0 Å². The molecule has 5 heteroatoms. The Morgan fingerprint density at radius 3 is 1.86 bits per heavy atom. The van der Waals surface area contributed by atoms with E-state index in [1.54, 1.807) is 13.2 Å². The van der Waals surface area contributed by atoms with Crippen LogP contribution in [0.1, 0.15) is 67.2 Å². The molecule has 2 aromatic rings. The number of hydrogen-bond donors (Lipinski definition) is 0. The fourth-order valence-corrected chi connectivity index (χ4v) is 3.50. The van der Waals surface area contributed by atoms with Gasteiger partial charge in [-0.3, -0.25) is 0 Å². The van der Waals surface area contributed by atoms with Crippen molar-refractivity contribution in [2.24, 2.45) is 0 Å². The van der Waals surface area contributed by atoms with Crippen molar-refractivity contribution < 1.29 is 18.6 Å². The first kappa shape index (κ1) is 28.0. The molecule has 0 N–H and O–H groups in total. The molecule has 0 unspecified atom stereocenters. The van der Waals surface area contributed by atoms with Gasteiger partial charge >= 0.3 is 5.63 Å². The van der Waals surface area contributed by atoms with Crippen molar-refractivity contribution in [1.82, 2.24) is 0 Å². The molecule has 0 aliphatic heterocycles. The lowest BCUT2D eigenvalue weighted by atomic mass is 10.1. The smallest absolute Gasteiger partial charge is 0.383 e. The quantitative estimate of drug-likeness (QED) is 0.215. The summed E-state index contributed by atoms with van der Waals surface area (Å²) in [5.74, 6) is 0.924. The predicted molar refractivity (Wildman–Crippen MR) is 145 cm³/mol. The molecule has 1 aromatic heterocycles. The van der Waals surface area contributed by atoms with Crippen LogP contribution in [0.4, 0.5) is 0 Å². The summed E-state index contributed by atoms with van der Waals surface area (Å²) in [6.45, 7) is 13.1. The number of allylic oxidation sites excluding steroid dienone is 6. The third-order valence-electron chi connectivity index (χ3n) is 5.53. The Hall–Kier alpha value is -3.21. The maximum Gasteiger partial charge on any atom is 0.383 e. The van der Waals surface area contributed by atoms with Gasteiger partial charge < -0.3 is 18.6 Å². The van der Waals surface area contributed by atoms with E-state index < -0.39 is 5.63 Å². The minimum atomic E-state index is -0.586.